The van der Waals surface area contributed by atoms with Gasteiger partial charge in [-0.2, -0.15) is 0 Å². The Bertz CT molecular complexity index is 288. The molecule has 1 aliphatic rings. The van der Waals surface area contributed by atoms with Crippen LogP contribution in [0.1, 0.15) is 43.4 Å². The van der Waals surface area contributed by atoms with Gasteiger partial charge in [0.05, 0.1) is 0 Å². The first-order chi connectivity index (χ1) is 7.38. The minimum atomic E-state index is 0.906. The Morgan fingerprint density at radius 2 is 2.00 bits per heavy atom. The summed E-state index contributed by atoms with van der Waals surface area (Å²) in [5.41, 5.74) is 2.67. The summed E-state index contributed by atoms with van der Waals surface area (Å²) in [7, 11) is 0. The first kappa shape index (κ1) is 11.2. The fourth-order valence-corrected chi connectivity index (χ4v) is 2.89. The molecule has 1 unspecified atom stereocenters. The second kappa shape index (κ2) is 5.70. The zero-order valence-electron chi connectivity index (χ0n) is 9.28. The van der Waals surface area contributed by atoms with E-state index in [1.54, 1.807) is 16.9 Å². The van der Waals surface area contributed by atoms with Gasteiger partial charge in [-0.3, -0.25) is 0 Å². The van der Waals surface area contributed by atoms with Crippen molar-refractivity contribution in [1.29, 1.82) is 0 Å². The fourth-order valence-electron chi connectivity index (χ4n) is 2.38. The van der Waals surface area contributed by atoms with Gasteiger partial charge >= 0.3 is 101 Å². The van der Waals surface area contributed by atoms with E-state index < -0.39 is 0 Å². The van der Waals surface area contributed by atoms with Crippen LogP contribution in [0.3, 0.4) is 0 Å². The van der Waals surface area contributed by atoms with Crippen molar-refractivity contribution < 1.29 is 0 Å². The summed E-state index contributed by atoms with van der Waals surface area (Å²) in [4.78, 5) is 4.55. The van der Waals surface area contributed by atoms with Crippen LogP contribution in [-0.4, -0.2) is 21.8 Å². The maximum atomic E-state index is 4.55. The van der Waals surface area contributed by atoms with E-state index in [4.69, 9.17) is 0 Å². The molecule has 1 atom stereocenters. The van der Waals surface area contributed by atoms with Crippen LogP contribution in [0.2, 0.25) is 0 Å². The SMILES string of the molecule is [AsH2]Cc1ccc(CC2CCCCC2)nc1. The molecule has 0 bridgehead atoms. The van der Waals surface area contributed by atoms with Crippen molar-refractivity contribution in [2.45, 2.75) is 43.7 Å². The Hall–Kier alpha value is -0.292. The number of aromatic nitrogens is 1. The van der Waals surface area contributed by atoms with E-state index in [1.807, 2.05) is 0 Å². The predicted octanol–water partition coefficient (Wildman–Crippen LogP) is 2.34. The molecule has 0 aliphatic heterocycles. The molecule has 0 radical (unpaired) electrons. The van der Waals surface area contributed by atoms with E-state index in [9.17, 15) is 0 Å². The van der Waals surface area contributed by atoms with E-state index in [0.717, 1.165) is 11.1 Å². The number of hydrogen-bond donors (Lipinski definition) is 0. The zero-order chi connectivity index (χ0) is 10.5. The van der Waals surface area contributed by atoms with E-state index in [-0.39, 0.29) is 0 Å². The van der Waals surface area contributed by atoms with Crippen LogP contribution >= 0.6 is 0 Å². The average molecular weight is 265 g/mol. The molecule has 0 spiro atoms. The monoisotopic (exact) mass is 265 g/mol. The molecule has 0 N–H and O–H groups in total. The van der Waals surface area contributed by atoms with Crippen LogP contribution in [-0.2, 0) is 11.6 Å². The molecular formula is C13H20AsN. The summed E-state index contributed by atoms with van der Waals surface area (Å²) in [5.74, 6) is 0.906. The molecular weight excluding hydrogens is 245 g/mol. The summed E-state index contributed by atoms with van der Waals surface area (Å²) in [5, 5.41) is 1.16. The van der Waals surface area contributed by atoms with Gasteiger partial charge in [-0.15, -0.1) is 0 Å². The number of rotatable bonds is 3. The first-order valence-corrected chi connectivity index (χ1v) is 7.73. The molecule has 1 saturated carbocycles. The van der Waals surface area contributed by atoms with Crippen molar-refractivity contribution >= 4 is 16.9 Å². The van der Waals surface area contributed by atoms with E-state index in [0.29, 0.717) is 0 Å². The normalized spacial score (nSPS) is 17.9. The van der Waals surface area contributed by atoms with Crippen molar-refractivity contribution in [1.82, 2.24) is 4.98 Å². The van der Waals surface area contributed by atoms with Crippen molar-refractivity contribution in [2.75, 3.05) is 0 Å². The Kier molecular flexibility index (Phi) is 4.26. The summed E-state index contributed by atoms with van der Waals surface area (Å²) in [6.07, 6.45) is 10.4. The summed E-state index contributed by atoms with van der Waals surface area (Å²) < 4.78 is 0. The topological polar surface area (TPSA) is 12.9 Å². The Morgan fingerprint density at radius 3 is 2.60 bits per heavy atom. The third-order valence-electron chi connectivity index (χ3n) is 3.34. The Balaban J connectivity index is 1.91. The molecule has 1 aliphatic carbocycles. The minimum absolute atomic E-state index is 0.906. The van der Waals surface area contributed by atoms with Gasteiger partial charge in [-0.05, 0) is 0 Å². The number of pyridine rings is 1. The van der Waals surface area contributed by atoms with Crippen LogP contribution in [0.15, 0.2) is 18.3 Å². The van der Waals surface area contributed by atoms with Gasteiger partial charge in [0.25, 0.3) is 0 Å². The van der Waals surface area contributed by atoms with Crippen molar-refractivity contribution in [3.63, 3.8) is 0 Å². The van der Waals surface area contributed by atoms with E-state index in [1.165, 1.54) is 49.8 Å². The second-order valence-corrected chi connectivity index (χ2v) is 5.43. The summed E-state index contributed by atoms with van der Waals surface area (Å²) in [6.45, 7) is 0. The van der Waals surface area contributed by atoms with Gasteiger partial charge in [0, 0.05) is 0 Å². The molecule has 2 heteroatoms. The van der Waals surface area contributed by atoms with E-state index in [2.05, 4.69) is 23.3 Å². The van der Waals surface area contributed by atoms with Gasteiger partial charge in [0.1, 0.15) is 0 Å². The number of hydrogen-bond acceptors (Lipinski definition) is 1. The van der Waals surface area contributed by atoms with Gasteiger partial charge < -0.3 is 0 Å². The first-order valence-electron chi connectivity index (χ1n) is 6.02. The van der Waals surface area contributed by atoms with Gasteiger partial charge in [-0.1, -0.05) is 0 Å². The third-order valence-corrected chi connectivity index (χ3v) is 4.33. The van der Waals surface area contributed by atoms with Crippen molar-refractivity contribution in [3.05, 3.63) is 29.6 Å². The summed E-state index contributed by atoms with van der Waals surface area (Å²) >= 11 is 1.76. The Labute approximate surface area is 101 Å². The molecule has 1 aromatic heterocycles. The van der Waals surface area contributed by atoms with Crippen LogP contribution in [0, 0.1) is 5.92 Å². The Morgan fingerprint density at radius 1 is 1.20 bits per heavy atom. The van der Waals surface area contributed by atoms with Gasteiger partial charge in [0.15, 0.2) is 0 Å². The van der Waals surface area contributed by atoms with Gasteiger partial charge in [0.2, 0.25) is 0 Å². The van der Waals surface area contributed by atoms with Gasteiger partial charge in [-0.25, -0.2) is 0 Å². The van der Waals surface area contributed by atoms with Crippen LogP contribution in [0.25, 0.3) is 0 Å². The second-order valence-electron chi connectivity index (χ2n) is 4.57. The molecule has 1 aromatic rings. The molecule has 2 rings (SSSR count). The average Bonchev–Trinajstić information content (AvgIpc) is 2.31. The molecule has 1 heterocycles. The van der Waals surface area contributed by atoms with Crippen molar-refractivity contribution in [3.8, 4) is 0 Å². The quantitative estimate of drug-likeness (QED) is 0.764. The van der Waals surface area contributed by atoms with Crippen LogP contribution < -0.4 is 0 Å². The maximum absolute atomic E-state index is 4.55. The van der Waals surface area contributed by atoms with E-state index >= 15 is 0 Å². The molecule has 1 nitrogen and oxygen atoms in total. The molecule has 0 saturated heterocycles. The summed E-state index contributed by atoms with van der Waals surface area (Å²) in [6, 6.07) is 4.47. The fraction of sp³-hybridized carbons (Fsp3) is 0.615. The zero-order valence-corrected chi connectivity index (χ0v) is 11.7. The third kappa shape index (κ3) is 3.34. The standard InChI is InChI=1S/C13H20AsN/c14-9-12-6-7-13(15-10-12)8-11-4-2-1-3-5-11/h6-7,10-11H,1-5,8-9,14H2. The molecule has 0 amide bonds. The van der Waals surface area contributed by atoms with Crippen LogP contribution in [0.4, 0.5) is 0 Å². The predicted molar refractivity (Wildman–Crippen MR) is 66.8 cm³/mol. The van der Waals surface area contributed by atoms with Crippen LogP contribution in [0.5, 0.6) is 0 Å². The number of nitrogens with zero attached hydrogens (tertiary/aromatic N) is 1. The molecule has 15 heavy (non-hydrogen) atoms. The molecule has 0 aromatic carbocycles. The van der Waals surface area contributed by atoms with Crippen molar-refractivity contribution in [2.24, 2.45) is 5.92 Å². The molecule has 82 valence electrons. The molecule has 1 fully saturated rings.